The van der Waals surface area contributed by atoms with E-state index in [-0.39, 0.29) is 16.8 Å². The molecule has 0 aromatic heterocycles. The van der Waals surface area contributed by atoms with Gasteiger partial charge >= 0.3 is 0 Å². The van der Waals surface area contributed by atoms with Gasteiger partial charge in [0.2, 0.25) is 0 Å². The molecular formula is C15H21NO4S. The van der Waals surface area contributed by atoms with E-state index in [0.29, 0.717) is 5.75 Å². The Kier molecular flexibility index (Phi) is 4.88. The third-order valence-electron chi connectivity index (χ3n) is 3.64. The summed E-state index contributed by atoms with van der Waals surface area (Å²) in [7, 11) is -3.21. The second-order valence-corrected chi connectivity index (χ2v) is 7.51. The number of sulfone groups is 1. The molecule has 1 N–H and O–H groups in total. The van der Waals surface area contributed by atoms with Crippen molar-refractivity contribution < 1.29 is 17.9 Å². The highest BCUT2D eigenvalue weighted by molar-refractivity contribution is 7.90. The van der Waals surface area contributed by atoms with Crippen LogP contribution in [-0.4, -0.2) is 32.7 Å². The van der Waals surface area contributed by atoms with E-state index < -0.39 is 15.9 Å². The van der Waals surface area contributed by atoms with E-state index >= 15 is 0 Å². The Bertz CT molecular complexity index is 589. The molecule has 1 aliphatic carbocycles. The minimum atomic E-state index is -3.21. The maximum absolute atomic E-state index is 12.0. The summed E-state index contributed by atoms with van der Waals surface area (Å²) in [5, 5.41) is 2.97. The van der Waals surface area contributed by atoms with Gasteiger partial charge in [-0.3, -0.25) is 4.79 Å². The van der Waals surface area contributed by atoms with Crippen LogP contribution in [0, 0.1) is 0 Å². The standard InChI is InChI=1S/C15H21NO4S/c1-11(15(17)16-12-5-3-4-6-12)20-13-7-9-14(10-8-13)21(2,18)19/h7-12H,3-6H2,1-2H3,(H,16,17). The highest BCUT2D eigenvalue weighted by Crippen LogP contribution is 2.19. The summed E-state index contributed by atoms with van der Waals surface area (Å²) in [4.78, 5) is 12.2. The van der Waals surface area contributed by atoms with Gasteiger partial charge in [-0.15, -0.1) is 0 Å². The molecule has 0 aliphatic heterocycles. The molecule has 116 valence electrons. The zero-order valence-electron chi connectivity index (χ0n) is 12.3. The normalized spacial score (nSPS) is 17.4. The van der Waals surface area contributed by atoms with Crippen molar-refractivity contribution in [3.05, 3.63) is 24.3 Å². The second kappa shape index (κ2) is 6.47. The third-order valence-corrected chi connectivity index (χ3v) is 4.76. The van der Waals surface area contributed by atoms with Crippen molar-refractivity contribution in [1.29, 1.82) is 0 Å². The lowest BCUT2D eigenvalue weighted by Gasteiger charge is -2.18. The van der Waals surface area contributed by atoms with Crippen LogP contribution in [0.15, 0.2) is 29.2 Å². The molecule has 5 nitrogen and oxygen atoms in total. The molecule has 6 heteroatoms. The van der Waals surface area contributed by atoms with Gasteiger partial charge in [-0.1, -0.05) is 12.8 Å². The minimum Gasteiger partial charge on any atom is -0.481 e. The molecule has 0 radical (unpaired) electrons. The van der Waals surface area contributed by atoms with Crippen LogP contribution >= 0.6 is 0 Å². The Hall–Kier alpha value is -1.56. The molecular weight excluding hydrogens is 290 g/mol. The van der Waals surface area contributed by atoms with Gasteiger partial charge in [-0.05, 0) is 44.0 Å². The Morgan fingerprint density at radius 3 is 2.33 bits per heavy atom. The maximum Gasteiger partial charge on any atom is 0.260 e. The number of nitrogens with one attached hydrogen (secondary N) is 1. The third kappa shape index (κ3) is 4.46. The fourth-order valence-electron chi connectivity index (χ4n) is 2.41. The summed E-state index contributed by atoms with van der Waals surface area (Å²) in [6.07, 6.45) is 4.93. The first-order chi connectivity index (χ1) is 9.86. The average molecular weight is 311 g/mol. The molecule has 0 spiro atoms. The van der Waals surface area contributed by atoms with Crippen LogP contribution in [-0.2, 0) is 14.6 Å². The Morgan fingerprint density at radius 1 is 1.24 bits per heavy atom. The van der Waals surface area contributed by atoms with Gasteiger partial charge in [0.15, 0.2) is 15.9 Å². The summed E-state index contributed by atoms with van der Waals surface area (Å²) >= 11 is 0. The lowest BCUT2D eigenvalue weighted by molar-refractivity contribution is -0.127. The number of rotatable bonds is 5. The lowest BCUT2D eigenvalue weighted by Crippen LogP contribution is -2.41. The van der Waals surface area contributed by atoms with Crippen molar-refractivity contribution in [1.82, 2.24) is 5.32 Å². The van der Waals surface area contributed by atoms with Gasteiger partial charge in [0.25, 0.3) is 5.91 Å². The van der Waals surface area contributed by atoms with E-state index in [9.17, 15) is 13.2 Å². The van der Waals surface area contributed by atoms with Crippen LogP contribution in [0.1, 0.15) is 32.6 Å². The van der Waals surface area contributed by atoms with Gasteiger partial charge < -0.3 is 10.1 Å². The number of carbonyl (C=O) groups excluding carboxylic acids is 1. The van der Waals surface area contributed by atoms with Gasteiger partial charge in [0, 0.05) is 12.3 Å². The number of carbonyl (C=O) groups is 1. The first-order valence-corrected chi connectivity index (χ1v) is 9.02. The van der Waals surface area contributed by atoms with E-state index in [1.165, 1.54) is 12.1 Å². The monoisotopic (exact) mass is 311 g/mol. The predicted molar refractivity (Wildman–Crippen MR) is 80.0 cm³/mol. The fraction of sp³-hybridized carbons (Fsp3) is 0.533. The van der Waals surface area contributed by atoms with Crippen LogP contribution in [0.4, 0.5) is 0 Å². The van der Waals surface area contributed by atoms with Crippen molar-refractivity contribution >= 4 is 15.7 Å². The maximum atomic E-state index is 12.0. The van der Waals surface area contributed by atoms with Crippen LogP contribution in [0.2, 0.25) is 0 Å². The van der Waals surface area contributed by atoms with Crippen LogP contribution in [0.5, 0.6) is 5.75 Å². The summed E-state index contributed by atoms with van der Waals surface area (Å²) in [6, 6.07) is 6.35. The second-order valence-electron chi connectivity index (χ2n) is 5.49. The molecule has 1 fully saturated rings. The molecule has 2 rings (SSSR count). The van der Waals surface area contributed by atoms with E-state index in [1.54, 1.807) is 19.1 Å². The highest BCUT2D eigenvalue weighted by Gasteiger charge is 2.21. The van der Waals surface area contributed by atoms with E-state index in [2.05, 4.69) is 5.32 Å². The summed E-state index contributed by atoms with van der Waals surface area (Å²) < 4.78 is 28.3. The Labute approximate surface area is 125 Å². The molecule has 1 aromatic carbocycles. The van der Waals surface area contributed by atoms with E-state index in [4.69, 9.17) is 4.74 Å². The van der Waals surface area contributed by atoms with Crippen molar-refractivity contribution in [2.45, 2.75) is 49.6 Å². The van der Waals surface area contributed by atoms with Crippen LogP contribution in [0.3, 0.4) is 0 Å². The SMILES string of the molecule is CC(Oc1ccc(S(C)(=O)=O)cc1)C(=O)NC1CCCC1. The fourth-order valence-corrected chi connectivity index (χ4v) is 3.04. The molecule has 1 aromatic rings. The van der Waals surface area contributed by atoms with Gasteiger partial charge in [0.05, 0.1) is 4.90 Å². The zero-order chi connectivity index (χ0) is 15.5. The Balaban J connectivity index is 1.92. The lowest BCUT2D eigenvalue weighted by atomic mass is 10.2. The Morgan fingerprint density at radius 2 is 1.81 bits per heavy atom. The molecule has 0 saturated heterocycles. The highest BCUT2D eigenvalue weighted by atomic mass is 32.2. The zero-order valence-corrected chi connectivity index (χ0v) is 13.2. The molecule has 0 heterocycles. The first-order valence-electron chi connectivity index (χ1n) is 7.13. The number of amides is 1. The predicted octanol–water partition coefficient (Wildman–Crippen LogP) is 1.92. The van der Waals surface area contributed by atoms with E-state index in [1.807, 2.05) is 0 Å². The topological polar surface area (TPSA) is 72.5 Å². The smallest absolute Gasteiger partial charge is 0.260 e. The average Bonchev–Trinajstić information content (AvgIpc) is 2.91. The first kappa shape index (κ1) is 15.8. The van der Waals surface area contributed by atoms with Gasteiger partial charge in [-0.2, -0.15) is 0 Å². The van der Waals surface area contributed by atoms with Crippen molar-refractivity contribution in [3.8, 4) is 5.75 Å². The quantitative estimate of drug-likeness (QED) is 0.901. The van der Waals surface area contributed by atoms with Crippen molar-refractivity contribution in [2.75, 3.05) is 6.26 Å². The molecule has 1 atom stereocenters. The van der Waals surface area contributed by atoms with Crippen molar-refractivity contribution in [3.63, 3.8) is 0 Å². The minimum absolute atomic E-state index is 0.130. The number of hydrogen-bond acceptors (Lipinski definition) is 4. The van der Waals surface area contributed by atoms with Gasteiger partial charge in [0.1, 0.15) is 5.75 Å². The van der Waals surface area contributed by atoms with Crippen LogP contribution < -0.4 is 10.1 Å². The van der Waals surface area contributed by atoms with Gasteiger partial charge in [-0.25, -0.2) is 8.42 Å². The number of hydrogen-bond donors (Lipinski definition) is 1. The van der Waals surface area contributed by atoms with Crippen LogP contribution in [0.25, 0.3) is 0 Å². The molecule has 21 heavy (non-hydrogen) atoms. The number of benzene rings is 1. The largest absolute Gasteiger partial charge is 0.481 e. The molecule has 1 amide bonds. The summed E-state index contributed by atoms with van der Waals surface area (Å²) in [6.45, 7) is 1.69. The van der Waals surface area contributed by atoms with Crippen molar-refractivity contribution in [2.24, 2.45) is 0 Å². The summed E-state index contributed by atoms with van der Waals surface area (Å²) in [5.41, 5.74) is 0. The molecule has 1 aliphatic rings. The summed E-state index contributed by atoms with van der Waals surface area (Å²) in [5.74, 6) is 0.352. The molecule has 0 bridgehead atoms. The molecule has 1 saturated carbocycles. The number of ether oxygens (including phenoxy) is 1. The van der Waals surface area contributed by atoms with E-state index in [0.717, 1.165) is 31.9 Å². The molecule has 1 unspecified atom stereocenters.